The zero-order valence-corrected chi connectivity index (χ0v) is 7.10. The van der Waals surface area contributed by atoms with Crippen LogP contribution >= 0.6 is 23.5 Å². The molecular weight excluding hydrogens is 180 g/mol. The maximum Gasteiger partial charge on any atom is 0.168 e. The molecule has 1 N–H and O–H groups in total. The van der Waals surface area contributed by atoms with Crippen molar-refractivity contribution in [3.05, 3.63) is 29.5 Å². The molecule has 2 heterocycles. The molecule has 0 fully saturated rings. The number of hydrogen-bond acceptors (Lipinski definition) is 6. The second-order valence-corrected chi connectivity index (χ2v) is 3.11. The Kier molecular flexibility index (Phi) is 2.06. The van der Waals surface area contributed by atoms with E-state index >= 15 is 0 Å². The van der Waals surface area contributed by atoms with E-state index in [9.17, 15) is 0 Å². The highest BCUT2D eigenvalue weighted by Gasteiger charge is 2.07. The van der Waals surface area contributed by atoms with Gasteiger partial charge in [-0.3, -0.25) is 5.01 Å². The van der Waals surface area contributed by atoms with Crippen molar-refractivity contribution < 1.29 is 0 Å². The average molecular weight is 185 g/mol. The molecule has 1 aliphatic heterocycles. The van der Waals surface area contributed by atoms with Crippen LogP contribution < -0.4 is 4.83 Å². The molecular formula is C5H5N4S2. The number of aromatic nitrogens is 2. The molecule has 0 spiro atoms. The Morgan fingerprint density at radius 1 is 1.64 bits per heavy atom. The molecule has 0 amide bonds. The van der Waals surface area contributed by atoms with Crippen molar-refractivity contribution in [2.75, 3.05) is 0 Å². The lowest BCUT2D eigenvalue weighted by molar-refractivity contribution is 0.449. The molecule has 57 valence electrons. The maximum absolute atomic E-state index is 4.03. The van der Waals surface area contributed by atoms with E-state index in [-0.39, 0.29) is 0 Å². The summed E-state index contributed by atoms with van der Waals surface area (Å²) in [5, 5.41) is 3.76. The molecule has 0 aliphatic carbocycles. The standard InChI is InChI=1S/C5H5N4S2/c1-2-10-8-9(1)3-5-6-4-11-7-5/h1-4,8H. The molecule has 0 atom stereocenters. The minimum absolute atomic E-state index is 0.731. The Labute approximate surface area is 72.6 Å². The van der Waals surface area contributed by atoms with Gasteiger partial charge in [-0.1, -0.05) is 0 Å². The van der Waals surface area contributed by atoms with Crippen LogP contribution in [0.4, 0.5) is 0 Å². The van der Waals surface area contributed by atoms with Gasteiger partial charge in [-0.15, -0.1) is 0 Å². The summed E-state index contributed by atoms with van der Waals surface area (Å²) in [6.07, 6.45) is 1.91. The number of rotatable bonds is 2. The van der Waals surface area contributed by atoms with Gasteiger partial charge in [0.2, 0.25) is 0 Å². The minimum atomic E-state index is 0.731. The summed E-state index contributed by atoms with van der Waals surface area (Å²) in [4.78, 5) is 7.01. The van der Waals surface area contributed by atoms with Crippen LogP contribution in [0.5, 0.6) is 0 Å². The first-order valence-electron chi connectivity index (χ1n) is 2.93. The summed E-state index contributed by atoms with van der Waals surface area (Å²) in [5.74, 6) is 0.731. The SMILES string of the molecule is [CH](c1ncsn1)N1C=CSN1. The Bertz CT molecular complexity index is 245. The van der Waals surface area contributed by atoms with Crippen molar-refractivity contribution in [3.8, 4) is 0 Å². The second-order valence-electron chi connectivity index (χ2n) is 1.82. The van der Waals surface area contributed by atoms with Crippen molar-refractivity contribution in [2.24, 2.45) is 0 Å². The summed E-state index contributed by atoms with van der Waals surface area (Å²) in [6, 6.07) is 0. The first-order valence-corrected chi connectivity index (χ1v) is 4.64. The predicted molar refractivity (Wildman–Crippen MR) is 45.0 cm³/mol. The number of hydrazine groups is 1. The van der Waals surface area contributed by atoms with Crippen LogP contribution in [0.25, 0.3) is 0 Å². The van der Waals surface area contributed by atoms with Gasteiger partial charge in [-0.2, -0.15) is 9.20 Å². The van der Waals surface area contributed by atoms with Crippen molar-refractivity contribution in [3.63, 3.8) is 0 Å². The Morgan fingerprint density at radius 3 is 3.27 bits per heavy atom. The number of nitrogens with one attached hydrogen (secondary N) is 1. The highest BCUT2D eigenvalue weighted by molar-refractivity contribution is 8.00. The molecule has 11 heavy (non-hydrogen) atoms. The van der Waals surface area contributed by atoms with Crippen LogP contribution in [-0.4, -0.2) is 14.4 Å². The van der Waals surface area contributed by atoms with E-state index in [1.807, 2.05) is 23.2 Å². The fourth-order valence-electron chi connectivity index (χ4n) is 0.647. The summed E-state index contributed by atoms with van der Waals surface area (Å²) in [7, 11) is 0. The molecule has 0 saturated heterocycles. The third kappa shape index (κ3) is 1.70. The predicted octanol–water partition coefficient (Wildman–Crippen LogP) is 0.988. The van der Waals surface area contributed by atoms with Crippen LogP contribution in [0.15, 0.2) is 17.1 Å². The van der Waals surface area contributed by atoms with Gasteiger partial charge in [0.15, 0.2) is 5.82 Å². The molecule has 0 unspecified atom stereocenters. The van der Waals surface area contributed by atoms with E-state index in [1.54, 1.807) is 5.51 Å². The zero-order chi connectivity index (χ0) is 7.52. The van der Waals surface area contributed by atoms with Crippen molar-refractivity contribution in [1.82, 2.24) is 19.2 Å². The topological polar surface area (TPSA) is 41.1 Å². The van der Waals surface area contributed by atoms with Gasteiger partial charge in [0.05, 0.1) is 0 Å². The van der Waals surface area contributed by atoms with Gasteiger partial charge in [0, 0.05) is 11.6 Å². The molecule has 0 aromatic carbocycles. The van der Waals surface area contributed by atoms with E-state index in [0.717, 1.165) is 5.82 Å². The fraction of sp³-hybridized carbons (Fsp3) is 0. The van der Waals surface area contributed by atoms with Gasteiger partial charge >= 0.3 is 0 Å². The van der Waals surface area contributed by atoms with E-state index < -0.39 is 0 Å². The number of nitrogens with zero attached hydrogens (tertiary/aromatic N) is 3. The summed E-state index contributed by atoms with van der Waals surface area (Å²) < 4.78 is 4.03. The van der Waals surface area contributed by atoms with Gasteiger partial charge < -0.3 is 0 Å². The van der Waals surface area contributed by atoms with Crippen LogP contribution in [0.2, 0.25) is 0 Å². The molecule has 1 aliphatic rings. The van der Waals surface area contributed by atoms with E-state index in [1.165, 1.54) is 23.5 Å². The lowest BCUT2D eigenvalue weighted by Crippen LogP contribution is -2.21. The lowest BCUT2D eigenvalue weighted by atomic mass is 10.6. The van der Waals surface area contributed by atoms with Gasteiger partial charge in [-0.25, -0.2) is 4.98 Å². The Hall–Kier alpha value is -0.590. The monoisotopic (exact) mass is 185 g/mol. The normalized spacial score (nSPS) is 16.2. The number of hydrogen-bond donors (Lipinski definition) is 1. The highest BCUT2D eigenvalue weighted by Crippen LogP contribution is 2.11. The van der Waals surface area contributed by atoms with Gasteiger partial charge in [-0.05, 0) is 23.5 Å². The molecule has 0 saturated carbocycles. The molecule has 2 rings (SSSR count). The molecule has 0 bridgehead atoms. The third-order valence-corrected chi connectivity index (χ3v) is 2.15. The minimum Gasteiger partial charge on any atom is -0.292 e. The van der Waals surface area contributed by atoms with Crippen LogP contribution in [0.1, 0.15) is 5.82 Å². The molecule has 1 aromatic rings. The zero-order valence-electron chi connectivity index (χ0n) is 5.47. The summed E-state index contributed by atoms with van der Waals surface area (Å²) in [6.45, 7) is 1.83. The fourth-order valence-corrected chi connectivity index (χ4v) is 1.54. The molecule has 1 aromatic heterocycles. The first kappa shape index (κ1) is 7.08. The van der Waals surface area contributed by atoms with Crippen LogP contribution in [0.3, 0.4) is 0 Å². The van der Waals surface area contributed by atoms with Crippen molar-refractivity contribution in [2.45, 2.75) is 0 Å². The lowest BCUT2D eigenvalue weighted by Gasteiger charge is -2.10. The smallest absolute Gasteiger partial charge is 0.168 e. The Balaban J connectivity index is 1.95. The maximum atomic E-state index is 4.03. The van der Waals surface area contributed by atoms with Crippen molar-refractivity contribution >= 4 is 23.5 Å². The Morgan fingerprint density at radius 2 is 2.64 bits per heavy atom. The van der Waals surface area contributed by atoms with Crippen LogP contribution in [-0.2, 0) is 0 Å². The van der Waals surface area contributed by atoms with E-state index in [4.69, 9.17) is 0 Å². The quantitative estimate of drug-likeness (QED) is 0.696. The van der Waals surface area contributed by atoms with Crippen LogP contribution in [0, 0.1) is 6.54 Å². The highest BCUT2D eigenvalue weighted by atomic mass is 32.2. The van der Waals surface area contributed by atoms with E-state index in [0.29, 0.717) is 0 Å². The molecule has 1 radical (unpaired) electrons. The van der Waals surface area contributed by atoms with E-state index in [2.05, 4.69) is 14.2 Å². The van der Waals surface area contributed by atoms with Gasteiger partial charge in [0.25, 0.3) is 0 Å². The summed E-state index contributed by atoms with van der Waals surface area (Å²) >= 11 is 2.86. The molecule has 4 nitrogen and oxygen atoms in total. The summed E-state index contributed by atoms with van der Waals surface area (Å²) in [5.41, 5.74) is 1.71. The average Bonchev–Trinajstić information content (AvgIpc) is 2.60. The third-order valence-electron chi connectivity index (χ3n) is 1.08. The second kappa shape index (κ2) is 3.21. The first-order chi connectivity index (χ1) is 5.45. The van der Waals surface area contributed by atoms with Crippen molar-refractivity contribution in [1.29, 1.82) is 0 Å². The molecule has 6 heteroatoms. The van der Waals surface area contributed by atoms with Gasteiger partial charge in [0.1, 0.15) is 12.1 Å². The largest absolute Gasteiger partial charge is 0.292 e.